The third-order valence-electron chi connectivity index (χ3n) is 7.00. The molecular weight excluding hydrogens is 416 g/mol. The SMILES string of the molecule is CC[C@]1(O)CC(C)C[C@H]([C@H](C)Nc2c(C(=O)Nc3ccccc3OC)cnc3[nH]ccc23)C1. The Hall–Kier alpha value is -3.06. The molecule has 1 unspecified atom stereocenters. The zero-order chi connectivity index (χ0) is 23.6. The molecular formula is C26H34N4O3. The van der Waals surface area contributed by atoms with E-state index >= 15 is 0 Å². The van der Waals surface area contributed by atoms with Crippen molar-refractivity contribution in [3.63, 3.8) is 0 Å². The van der Waals surface area contributed by atoms with Gasteiger partial charge in [0.25, 0.3) is 5.91 Å². The Bertz CT molecular complexity index is 1130. The Morgan fingerprint density at radius 1 is 1.33 bits per heavy atom. The maximum atomic E-state index is 13.3. The first kappa shape index (κ1) is 23.1. The second-order valence-electron chi connectivity index (χ2n) is 9.46. The van der Waals surface area contributed by atoms with Crippen LogP contribution in [0.5, 0.6) is 5.75 Å². The number of anilines is 2. The fourth-order valence-corrected chi connectivity index (χ4v) is 5.19. The number of fused-ring (bicyclic) bond motifs is 1. The number of carbonyl (C=O) groups is 1. The quantitative estimate of drug-likeness (QED) is 0.396. The molecule has 1 amide bonds. The molecule has 7 nitrogen and oxygen atoms in total. The highest BCUT2D eigenvalue weighted by Crippen LogP contribution is 2.40. The molecule has 4 atom stereocenters. The van der Waals surface area contributed by atoms with Crippen LogP contribution in [0.1, 0.15) is 56.8 Å². The topological polar surface area (TPSA) is 99.3 Å². The molecule has 176 valence electrons. The van der Waals surface area contributed by atoms with Gasteiger partial charge in [-0.15, -0.1) is 0 Å². The van der Waals surface area contributed by atoms with Crippen molar-refractivity contribution in [2.75, 3.05) is 17.7 Å². The van der Waals surface area contributed by atoms with Crippen LogP contribution in [0.15, 0.2) is 42.7 Å². The highest BCUT2D eigenvalue weighted by Gasteiger charge is 2.38. The number of nitrogens with one attached hydrogen (secondary N) is 3. The molecule has 2 heterocycles. The van der Waals surface area contributed by atoms with Gasteiger partial charge in [-0.25, -0.2) is 4.98 Å². The molecule has 0 radical (unpaired) electrons. The summed E-state index contributed by atoms with van der Waals surface area (Å²) in [7, 11) is 1.58. The zero-order valence-corrected chi connectivity index (χ0v) is 19.8. The highest BCUT2D eigenvalue weighted by molar-refractivity contribution is 6.12. The Morgan fingerprint density at radius 3 is 2.88 bits per heavy atom. The molecule has 1 aliphatic carbocycles. The summed E-state index contributed by atoms with van der Waals surface area (Å²) in [4.78, 5) is 20.9. The largest absolute Gasteiger partial charge is 0.495 e. The van der Waals surface area contributed by atoms with Gasteiger partial charge in [-0.05, 0) is 62.6 Å². The number of benzene rings is 1. The molecule has 1 fully saturated rings. The lowest BCUT2D eigenvalue weighted by molar-refractivity contribution is -0.0394. The van der Waals surface area contributed by atoms with E-state index < -0.39 is 5.60 Å². The predicted molar refractivity (Wildman–Crippen MR) is 132 cm³/mol. The molecule has 0 spiro atoms. The molecule has 3 aromatic rings. The van der Waals surface area contributed by atoms with E-state index in [0.29, 0.717) is 28.8 Å². The number of hydrogen-bond acceptors (Lipinski definition) is 5. The van der Waals surface area contributed by atoms with E-state index in [1.165, 1.54) is 0 Å². The fraction of sp³-hybridized carbons (Fsp3) is 0.462. The molecule has 1 aromatic carbocycles. The minimum Gasteiger partial charge on any atom is -0.495 e. The molecule has 1 aliphatic rings. The lowest BCUT2D eigenvalue weighted by Gasteiger charge is -2.42. The van der Waals surface area contributed by atoms with Gasteiger partial charge in [0.15, 0.2) is 0 Å². The molecule has 4 N–H and O–H groups in total. The van der Waals surface area contributed by atoms with E-state index in [9.17, 15) is 9.90 Å². The van der Waals surface area contributed by atoms with Crippen molar-refractivity contribution in [3.05, 3.63) is 48.3 Å². The Balaban J connectivity index is 1.63. The first-order chi connectivity index (χ1) is 15.8. The molecule has 2 aromatic heterocycles. The average Bonchev–Trinajstić information content (AvgIpc) is 3.28. The lowest BCUT2D eigenvalue weighted by atomic mass is 9.70. The number of nitrogens with zero attached hydrogens (tertiary/aromatic N) is 1. The van der Waals surface area contributed by atoms with Crippen LogP contribution in [-0.4, -0.2) is 39.7 Å². The van der Waals surface area contributed by atoms with Gasteiger partial charge in [0.2, 0.25) is 0 Å². The summed E-state index contributed by atoms with van der Waals surface area (Å²) in [5.41, 5.74) is 1.92. The number of para-hydroxylation sites is 2. The molecule has 33 heavy (non-hydrogen) atoms. The number of ether oxygens (including phenoxy) is 1. The van der Waals surface area contributed by atoms with Crippen molar-refractivity contribution in [2.45, 2.75) is 58.1 Å². The third-order valence-corrected chi connectivity index (χ3v) is 7.00. The maximum Gasteiger partial charge on any atom is 0.259 e. The summed E-state index contributed by atoms with van der Waals surface area (Å²) >= 11 is 0. The van der Waals surface area contributed by atoms with Gasteiger partial charge < -0.3 is 25.5 Å². The van der Waals surface area contributed by atoms with E-state index in [1.807, 2.05) is 36.5 Å². The van der Waals surface area contributed by atoms with Crippen LogP contribution in [0.25, 0.3) is 11.0 Å². The summed E-state index contributed by atoms with van der Waals surface area (Å²) in [6.07, 6.45) is 6.83. The summed E-state index contributed by atoms with van der Waals surface area (Å²) in [6, 6.07) is 9.34. The second-order valence-corrected chi connectivity index (χ2v) is 9.46. The first-order valence-electron chi connectivity index (χ1n) is 11.7. The summed E-state index contributed by atoms with van der Waals surface area (Å²) < 4.78 is 5.38. The van der Waals surface area contributed by atoms with Gasteiger partial charge in [0, 0.05) is 23.8 Å². The van der Waals surface area contributed by atoms with Gasteiger partial charge >= 0.3 is 0 Å². The van der Waals surface area contributed by atoms with Crippen LogP contribution >= 0.6 is 0 Å². The number of H-pyrrole nitrogens is 1. The molecule has 0 saturated heterocycles. The predicted octanol–water partition coefficient (Wildman–Crippen LogP) is 5.20. The minimum atomic E-state index is -0.621. The lowest BCUT2D eigenvalue weighted by Crippen LogP contribution is -2.43. The molecule has 4 rings (SSSR count). The van der Waals surface area contributed by atoms with Crippen LogP contribution in [0.2, 0.25) is 0 Å². The Labute approximate surface area is 195 Å². The van der Waals surface area contributed by atoms with Crippen LogP contribution in [0.4, 0.5) is 11.4 Å². The highest BCUT2D eigenvalue weighted by atomic mass is 16.5. The second kappa shape index (κ2) is 9.43. The van der Waals surface area contributed by atoms with Gasteiger partial charge in [-0.1, -0.05) is 26.0 Å². The minimum absolute atomic E-state index is 0.0733. The third kappa shape index (κ3) is 4.83. The number of methoxy groups -OCH3 is 1. The summed E-state index contributed by atoms with van der Waals surface area (Å²) in [5.74, 6) is 1.09. The standard InChI is InChI=1S/C26H34N4O3/c1-5-26(32)13-16(2)12-18(14-26)17(3)29-23-19-10-11-27-24(19)28-15-20(23)25(31)30-21-8-6-7-9-22(21)33-4/h6-11,15-18,32H,5,12-14H2,1-4H3,(H,30,31)(H2,27,28,29)/t16?,17-,18-,26-/m0/s1. The smallest absolute Gasteiger partial charge is 0.259 e. The number of aromatic amines is 1. The first-order valence-corrected chi connectivity index (χ1v) is 11.7. The van der Waals surface area contributed by atoms with E-state index in [1.54, 1.807) is 13.3 Å². The summed E-state index contributed by atoms with van der Waals surface area (Å²) in [6.45, 7) is 6.40. The number of aliphatic hydroxyl groups is 1. The van der Waals surface area contributed by atoms with Crippen molar-refractivity contribution in [1.29, 1.82) is 0 Å². The molecule has 1 saturated carbocycles. The van der Waals surface area contributed by atoms with Crippen LogP contribution < -0.4 is 15.4 Å². The van der Waals surface area contributed by atoms with Crippen molar-refractivity contribution < 1.29 is 14.6 Å². The van der Waals surface area contributed by atoms with Crippen molar-refractivity contribution >= 4 is 28.3 Å². The number of amides is 1. The monoisotopic (exact) mass is 450 g/mol. The van der Waals surface area contributed by atoms with Crippen molar-refractivity contribution in [3.8, 4) is 5.75 Å². The summed E-state index contributed by atoms with van der Waals surface area (Å²) in [5, 5.41) is 18.5. The fourth-order valence-electron chi connectivity index (χ4n) is 5.19. The molecule has 0 aliphatic heterocycles. The number of aromatic nitrogens is 2. The van der Waals surface area contributed by atoms with Crippen LogP contribution in [-0.2, 0) is 0 Å². The van der Waals surface area contributed by atoms with Gasteiger partial charge in [-0.2, -0.15) is 0 Å². The van der Waals surface area contributed by atoms with E-state index in [-0.39, 0.29) is 11.9 Å². The molecule has 7 heteroatoms. The zero-order valence-electron chi connectivity index (χ0n) is 19.8. The van der Waals surface area contributed by atoms with Crippen molar-refractivity contribution in [1.82, 2.24) is 9.97 Å². The van der Waals surface area contributed by atoms with Crippen LogP contribution in [0.3, 0.4) is 0 Å². The van der Waals surface area contributed by atoms with E-state index in [2.05, 4.69) is 41.4 Å². The number of pyridine rings is 1. The van der Waals surface area contributed by atoms with Gasteiger partial charge in [0.05, 0.1) is 29.6 Å². The van der Waals surface area contributed by atoms with E-state index in [4.69, 9.17) is 4.74 Å². The number of hydrogen-bond donors (Lipinski definition) is 4. The average molecular weight is 451 g/mol. The maximum absolute atomic E-state index is 13.3. The van der Waals surface area contributed by atoms with Gasteiger partial charge in [-0.3, -0.25) is 4.79 Å². The molecule has 0 bridgehead atoms. The van der Waals surface area contributed by atoms with Gasteiger partial charge in [0.1, 0.15) is 11.4 Å². The normalized spacial score (nSPS) is 23.8. The number of rotatable bonds is 7. The Kier molecular flexibility index (Phi) is 6.61. The van der Waals surface area contributed by atoms with Crippen LogP contribution in [0, 0.1) is 11.8 Å². The Morgan fingerprint density at radius 2 is 2.12 bits per heavy atom. The number of carbonyl (C=O) groups excluding carboxylic acids is 1. The van der Waals surface area contributed by atoms with Crippen molar-refractivity contribution in [2.24, 2.45) is 11.8 Å². The van der Waals surface area contributed by atoms with E-state index in [0.717, 1.165) is 42.4 Å².